The van der Waals surface area contributed by atoms with Crippen molar-refractivity contribution in [3.63, 3.8) is 0 Å². The lowest BCUT2D eigenvalue weighted by atomic mass is 10.2. The summed E-state index contributed by atoms with van der Waals surface area (Å²) in [6.07, 6.45) is 0. The fourth-order valence-electron chi connectivity index (χ4n) is 2.02. The van der Waals surface area contributed by atoms with Crippen LogP contribution < -0.4 is 15.4 Å². The first-order valence-corrected chi connectivity index (χ1v) is 6.12. The van der Waals surface area contributed by atoms with Gasteiger partial charge < -0.3 is 15.4 Å². The first-order chi connectivity index (χ1) is 9.15. The zero-order valence-corrected chi connectivity index (χ0v) is 11.1. The molecule has 0 aliphatic heterocycles. The molecular formula is C15H17FN2O. The van der Waals surface area contributed by atoms with Gasteiger partial charge in [-0.25, -0.2) is 4.39 Å². The zero-order valence-electron chi connectivity index (χ0n) is 11.1. The Balaban J connectivity index is 2.47. The number of nitrogens with two attached hydrogens (primary N) is 1. The Morgan fingerprint density at radius 1 is 1.21 bits per heavy atom. The molecule has 0 radical (unpaired) electrons. The third-order valence-corrected chi connectivity index (χ3v) is 2.96. The molecule has 0 saturated heterocycles. The van der Waals surface area contributed by atoms with Gasteiger partial charge in [0.25, 0.3) is 0 Å². The summed E-state index contributed by atoms with van der Waals surface area (Å²) in [7, 11) is 1.60. The number of rotatable bonds is 4. The highest BCUT2D eigenvalue weighted by molar-refractivity contribution is 5.76. The van der Waals surface area contributed by atoms with E-state index in [4.69, 9.17) is 10.5 Å². The van der Waals surface area contributed by atoms with Crippen molar-refractivity contribution in [2.24, 2.45) is 0 Å². The molecule has 4 heteroatoms. The zero-order chi connectivity index (χ0) is 13.8. The summed E-state index contributed by atoms with van der Waals surface area (Å²) >= 11 is 0. The van der Waals surface area contributed by atoms with Crippen LogP contribution in [0.15, 0.2) is 42.5 Å². The Labute approximate surface area is 112 Å². The van der Waals surface area contributed by atoms with E-state index in [0.29, 0.717) is 12.2 Å². The van der Waals surface area contributed by atoms with Crippen LogP contribution in [0.4, 0.5) is 21.5 Å². The molecule has 19 heavy (non-hydrogen) atoms. The second-order valence-electron chi connectivity index (χ2n) is 4.15. The van der Waals surface area contributed by atoms with Gasteiger partial charge in [0.2, 0.25) is 0 Å². The average Bonchev–Trinajstić information content (AvgIpc) is 2.42. The number of hydrogen-bond donors (Lipinski definition) is 1. The number of halogens is 1. The minimum Gasteiger partial charge on any atom is -0.497 e. The Kier molecular flexibility index (Phi) is 3.90. The van der Waals surface area contributed by atoms with Crippen molar-refractivity contribution in [2.75, 3.05) is 24.3 Å². The summed E-state index contributed by atoms with van der Waals surface area (Å²) in [5.74, 6) is 0.455. The molecule has 0 atom stereocenters. The van der Waals surface area contributed by atoms with Gasteiger partial charge in [-0.2, -0.15) is 0 Å². The molecule has 0 unspecified atom stereocenters. The highest BCUT2D eigenvalue weighted by Gasteiger charge is 2.12. The molecule has 3 nitrogen and oxygen atoms in total. The van der Waals surface area contributed by atoms with Crippen LogP contribution in [0.5, 0.6) is 5.75 Å². The molecule has 0 bridgehead atoms. The highest BCUT2D eigenvalue weighted by atomic mass is 19.1. The van der Waals surface area contributed by atoms with Gasteiger partial charge in [0.1, 0.15) is 11.6 Å². The first kappa shape index (κ1) is 13.2. The van der Waals surface area contributed by atoms with Gasteiger partial charge >= 0.3 is 0 Å². The molecule has 0 aliphatic carbocycles. The molecule has 0 heterocycles. The Bertz CT molecular complexity index is 572. The molecule has 0 aliphatic rings. The maximum absolute atomic E-state index is 13.3. The molecule has 0 fully saturated rings. The van der Waals surface area contributed by atoms with Crippen molar-refractivity contribution in [3.05, 3.63) is 48.3 Å². The Morgan fingerprint density at radius 2 is 2.00 bits per heavy atom. The van der Waals surface area contributed by atoms with Crippen molar-refractivity contribution in [1.29, 1.82) is 0 Å². The summed E-state index contributed by atoms with van der Waals surface area (Å²) in [6, 6.07) is 11.9. The van der Waals surface area contributed by atoms with Crippen LogP contribution in [0.2, 0.25) is 0 Å². The number of hydrogen-bond acceptors (Lipinski definition) is 3. The lowest BCUT2D eigenvalue weighted by molar-refractivity contribution is 0.415. The van der Waals surface area contributed by atoms with Gasteiger partial charge in [-0.15, -0.1) is 0 Å². The largest absolute Gasteiger partial charge is 0.497 e. The van der Waals surface area contributed by atoms with E-state index in [1.807, 2.05) is 24.0 Å². The molecule has 2 aromatic rings. The quantitative estimate of drug-likeness (QED) is 0.854. The van der Waals surface area contributed by atoms with E-state index in [0.717, 1.165) is 17.1 Å². The third-order valence-electron chi connectivity index (χ3n) is 2.96. The van der Waals surface area contributed by atoms with Crippen LogP contribution in [0.1, 0.15) is 6.92 Å². The normalized spacial score (nSPS) is 10.3. The number of nitrogen functional groups attached to an aromatic ring is 1. The minimum absolute atomic E-state index is 0.266. The summed E-state index contributed by atoms with van der Waals surface area (Å²) < 4.78 is 18.6. The van der Waals surface area contributed by atoms with Crippen molar-refractivity contribution in [3.8, 4) is 5.75 Å². The minimum atomic E-state index is -0.266. The van der Waals surface area contributed by atoms with E-state index in [9.17, 15) is 4.39 Å². The smallest absolute Gasteiger partial charge is 0.125 e. The molecule has 2 rings (SSSR count). The lowest BCUT2D eigenvalue weighted by Gasteiger charge is -2.25. The SMILES string of the molecule is CCN(c1cccc(F)c1)c1cc(OC)ccc1N. The maximum Gasteiger partial charge on any atom is 0.125 e. The molecule has 0 spiro atoms. The molecule has 0 amide bonds. The van der Waals surface area contributed by atoms with Gasteiger partial charge in [0.05, 0.1) is 18.5 Å². The Hall–Kier alpha value is -2.23. The predicted octanol–water partition coefficient (Wildman–Crippen LogP) is 3.57. The maximum atomic E-state index is 13.3. The standard InChI is InChI=1S/C15H17FN2O/c1-3-18(12-6-4-5-11(16)9-12)15-10-13(19-2)7-8-14(15)17/h4-10H,3,17H2,1-2H3. The van der Waals surface area contributed by atoms with E-state index in [-0.39, 0.29) is 5.82 Å². The fraction of sp³-hybridized carbons (Fsp3) is 0.200. The van der Waals surface area contributed by atoms with Crippen LogP contribution in [-0.2, 0) is 0 Å². The van der Waals surface area contributed by atoms with E-state index in [2.05, 4.69) is 0 Å². The molecule has 0 aromatic heterocycles. The molecule has 100 valence electrons. The predicted molar refractivity (Wildman–Crippen MR) is 76.5 cm³/mol. The summed E-state index contributed by atoms with van der Waals surface area (Å²) in [5, 5.41) is 0. The number of benzene rings is 2. The number of ether oxygens (including phenoxy) is 1. The van der Waals surface area contributed by atoms with Gasteiger partial charge in [-0.05, 0) is 37.3 Å². The third kappa shape index (κ3) is 2.78. The van der Waals surface area contributed by atoms with E-state index in [1.54, 1.807) is 25.3 Å². The fourth-order valence-corrected chi connectivity index (χ4v) is 2.02. The van der Waals surface area contributed by atoms with Crippen molar-refractivity contribution in [1.82, 2.24) is 0 Å². The van der Waals surface area contributed by atoms with E-state index < -0.39 is 0 Å². The van der Waals surface area contributed by atoms with Crippen LogP contribution in [0.25, 0.3) is 0 Å². The van der Waals surface area contributed by atoms with E-state index in [1.165, 1.54) is 12.1 Å². The first-order valence-electron chi connectivity index (χ1n) is 6.12. The van der Waals surface area contributed by atoms with E-state index >= 15 is 0 Å². The van der Waals surface area contributed by atoms with Crippen LogP contribution in [-0.4, -0.2) is 13.7 Å². The number of nitrogens with zero attached hydrogens (tertiary/aromatic N) is 1. The number of anilines is 3. The van der Waals surface area contributed by atoms with Crippen LogP contribution >= 0.6 is 0 Å². The topological polar surface area (TPSA) is 38.5 Å². The average molecular weight is 260 g/mol. The molecule has 2 aromatic carbocycles. The molecule has 0 saturated carbocycles. The van der Waals surface area contributed by atoms with Gasteiger partial charge in [0.15, 0.2) is 0 Å². The van der Waals surface area contributed by atoms with Crippen LogP contribution in [0, 0.1) is 5.82 Å². The van der Waals surface area contributed by atoms with Crippen LogP contribution in [0.3, 0.4) is 0 Å². The summed E-state index contributed by atoms with van der Waals surface area (Å²) in [6.45, 7) is 2.67. The van der Waals surface area contributed by atoms with Gasteiger partial charge in [-0.1, -0.05) is 6.07 Å². The van der Waals surface area contributed by atoms with Crippen molar-refractivity contribution < 1.29 is 9.13 Å². The lowest BCUT2D eigenvalue weighted by Crippen LogP contribution is -2.17. The molecule has 2 N–H and O–H groups in total. The summed E-state index contributed by atoms with van der Waals surface area (Å²) in [5.41, 5.74) is 8.22. The van der Waals surface area contributed by atoms with Gasteiger partial charge in [-0.3, -0.25) is 0 Å². The monoisotopic (exact) mass is 260 g/mol. The second kappa shape index (κ2) is 5.61. The van der Waals surface area contributed by atoms with Crippen molar-refractivity contribution >= 4 is 17.1 Å². The Morgan fingerprint density at radius 3 is 2.63 bits per heavy atom. The summed E-state index contributed by atoms with van der Waals surface area (Å²) in [4.78, 5) is 1.95. The number of methoxy groups -OCH3 is 1. The van der Waals surface area contributed by atoms with Crippen molar-refractivity contribution in [2.45, 2.75) is 6.92 Å². The molecular weight excluding hydrogens is 243 g/mol. The van der Waals surface area contributed by atoms with Gasteiger partial charge in [0, 0.05) is 18.3 Å². The highest BCUT2D eigenvalue weighted by Crippen LogP contribution is 2.33. The second-order valence-corrected chi connectivity index (χ2v) is 4.15.